The van der Waals surface area contributed by atoms with Crippen molar-refractivity contribution < 1.29 is 22.8 Å². The van der Waals surface area contributed by atoms with Crippen molar-refractivity contribution >= 4 is 17.5 Å². The maximum Gasteiger partial charge on any atom is 0.237 e. The molecule has 2 aromatic carbocycles. The predicted octanol–water partition coefficient (Wildman–Crippen LogP) is 3.69. The highest BCUT2D eigenvalue weighted by Gasteiger charge is 2.41. The third-order valence-electron chi connectivity index (χ3n) is 4.86. The van der Waals surface area contributed by atoms with Gasteiger partial charge in [0.05, 0.1) is 5.69 Å². The van der Waals surface area contributed by atoms with Gasteiger partial charge in [-0.25, -0.2) is 13.2 Å². The monoisotopic (exact) mass is 376 g/mol. The lowest BCUT2D eigenvalue weighted by molar-refractivity contribution is -0.144. The number of benzene rings is 2. The lowest BCUT2D eigenvalue weighted by Crippen LogP contribution is -2.49. The molecular weight excluding hydrogens is 357 g/mol. The van der Waals surface area contributed by atoms with Crippen molar-refractivity contribution in [2.45, 2.75) is 19.3 Å². The van der Waals surface area contributed by atoms with Crippen LogP contribution < -0.4 is 5.32 Å². The van der Waals surface area contributed by atoms with Gasteiger partial charge in [0.25, 0.3) is 0 Å². The van der Waals surface area contributed by atoms with Crippen molar-refractivity contribution in [3.63, 3.8) is 0 Å². The summed E-state index contributed by atoms with van der Waals surface area (Å²) in [6.45, 7) is 2.71. The summed E-state index contributed by atoms with van der Waals surface area (Å²) in [5.74, 6) is -5.36. The Morgan fingerprint density at radius 1 is 1.15 bits per heavy atom. The summed E-state index contributed by atoms with van der Waals surface area (Å²) < 4.78 is 40.6. The quantitative estimate of drug-likeness (QED) is 0.828. The van der Waals surface area contributed by atoms with Crippen LogP contribution in [0.5, 0.6) is 0 Å². The van der Waals surface area contributed by atoms with E-state index >= 15 is 0 Å². The van der Waals surface area contributed by atoms with Gasteiger partial charge in [0.1, 0.15) is 11.7 Å². The molecule has 3 rings (SSSR count). The van der Waals surface area contributed by atoms with Gasteiger partial charge in [0.2, 0.25) is 11.8 Å². The zero-order valence-electron chi connectivity index (χ0n) is 14.7. The van der Waals surface area contributed by atoms with Gasteiger partial charge in [-0.1, -0.05) is 18.2 Å². The molecule has 0 aliphatic carbocycles. The van der Waals surface area contributed by atoms with E-state index in [-0.39, 0.29) is 11.6 Å². The van der Waals surface area contributed by atoms with E-state index in [1.54, 1.807) is 11.8 Å². The number of anilines is 1. The molecule has 1 fully saturated rings. The van der Waals surface area contributed by atoms with E-state index in [4.69, 9.17) is 0 Å². The van der Waals surface area contributed by atoms with Gasteiger partial charge in [-0.2, -0.15) is 0 Å². The smallest absolute Gasteiger partial charge is 0.237 e. The molecule has 0 bridgehead atoms. The van der Waals surface area contributed by atoms with Crippen LogP contribution in [0.4, 0.5) is 18.9 Å². The first-order valence-electron chi connectivity index (χ1n) is 8.71. The van der Waals surface area contributed by atoms with Gasteiger partial charge in [-0.3, -0.25) is 9.59 Å². The van der Waals surface area contributed by atoms with E-state index in [2.05, 4.69) is 5.32 Å². The molecule has 27 heavy (non-hydrogen) atoms. The molecule has 1 aliphatic rings. The number of carbonyl (C=O) groups excluding carboxylic acids is 2. The molecule has 0 spiro atoms. The number of likely N-dealkylation sites (tertiary alicyclic amines) is 1. The van der Waals surface area contributed by atoms with E-state index in [1.807, 2.05) is 0 Å². The maximum atomic E-state index is 13.9. The second-order valence-electron chi connectivity index (χ2n) is 6.43. The zero-order valence-corrected chi connectivity index (χ0v) is 14.7. The molecule has 2 atom stereocenters. The standard InChI is InChI=1S/C20H19F3N2O2/c1-2-25-11-10-14(12-6-8-13(21)9-7-12)17(20(25)27)19(26)24-16-5-3-4-15(22)18(16)23/h3-9,14,17H,2,10-11H2,1H3,(H,24,26)/t14?,17-/m0/s1. The molecule has 4 nitrogen and oxygen atoms in total. The Labute approximate surface area is 155 Å². The molecular formula is C20H19F3N2O2. The van der Waals surface area contributed by atoms with Gasteiger partial charge in [0, 0.05) is 19.0 Å². The Kier molecular flexibility index (Phi) is 5.48. The van der Waals surface area contributed by atoms with E-state index in [0.717, 1.165) is 6.07 Å². The van der Waals surface area contributed by atoms with Gasteiger partial charge in [0.15, 0.2) is 11.6 Å². The summed E-state index contributed by atoms with van der Waals surface area (Å²) in [6.07, 6.45) is 0.509. The van der Waals surface area contributed by atoms with Crippen molar-refractivity contribution in [2.75, 3.05) is 18.4 Å². The van der Waals surface area contributed by atoms with E-state index in [9.17, 15) is 22.8 Å². The molecule has 0 saturated carbocycles. The average molecular weight is 376 g/mol. The highest BCUT2D eigenvalue weighted by molar-refractivity contribution is 6.07. The Bertz CT molecular complexity index is 855. The summed E-state index contributed by atoms with van der Waals surface area (Å²) in [5.41, 5.74) is 0.333. The van der Waals surface area contributed by atoms with E-state index < -0.39 is 35.2 Å². The summed E-state index contributed by atoms with van der Waals surface area (Å²) in [4.78, 5) is 27.2. The number of hydrogen-bond acceptors (Lipinski definition) is 2. The molecule has 2 aromatic rings. The van der Waals surface area contributed by atoms with Crippen LogP contribution >= 0.6 is 0 Å². The molecule has 1 saturated heterocycles. The first-order chi connectivity index (χ1) is 12.9. The number of rotatable bonds is 4. The Balaban J connectivity index is 1.92. The van der Waals surface area contributed by atoms with Gasteiger partial charge in [-0.05, 0) is 43.2 Å². The molecule has 142 valence electrons. The van der Waals surface area contributed by atoms with E-state index in [1.165, 1.54) is 36.4 Å². The fourth-order valence-corrected chi connectivity index (χ4v) is 3.43. The van der Waals surface area contributed by atoms with Crippen molar-refractivity contribution in [3.05, 3.63) is 65.5 Å². The first-order valence-corrected chi connectivity index (χ1v) is 8.71. The third-order valence-corrected chi connectivity index (χ3v) is 4.86. The summed E-state index contributed by atoms with van der Waals surface area (Å²) in [6, 6.07) is 9.06. The number of piperidine rings is 1. The lowest BCUT2D eigenvalue weighted by Gasteiger charge is -2.37. The molecule has 1 aliphatic heterocycles. The molecule has 1 N–H and O–H groups in total. The minimum absolute atomic E-state index is 0.320. The van der Waals surface area contributed by atoms with Crippen LogP contribution in [0.2, 0.25) is 0 Å². The van der Waals surface area contributed by atoms with Crippen molar-refractivity contribution in [1.29, 1.82) is 0 Å². The van der Waals surface area contributed by atoms with Crippen LogP contribution in [-0.4, -0.2) is 29.8 Å². The number of nitrogens with one attached hydrogen (secondary N) is 1. The molecule has 7 heteroatoms. The molecule has 0 radical (unpaired) electrons. The van der Waals surface area contributed by atoms with Gasteiger partial charge >= 0.3 is 0 Å². The first kappa shape index (κ1) is 18.9. The number of amides is 2. The van der Waals surface area contributed by atoms with Crippen molar-refractivity contribution in [1.82, 2.24) is 4.90 Å². The summed E-state index contributed by atoms with van der Waals surface area (Å²) in [7, 11) is 0. The number of halogens is 3. The van der Waals surface area contributed by atoms with Crippen LogP contribution in [0.1, 0.15) is 24.8 Å². The maximum absolute atomic E-state index is 13.9. The second-order valence-corrected chi connectivity index (χ2v) is 6.43. The molecule has 0 aromatic heterocycles. The topological polar surface area (TPSA) is 49.4 Å². The predicted molar refractivity (Wildman–Crippen MR) is 94.5 cm³/mol. The van der Waals surface area contributed by atoms with Crippen molar-refractivity contribution in [3.8, 4) is 0 Å². The minimum Gasteiger partial charge on any atom is -0.342 e. The molecule has 1 unspecified atom stereocenters. The molecule has 1 heterocycles. The van der Waals surface area contributed by atoms with Crippen LogP contribution in [0.3, 0.4) is 0 Å². The highest BCUT2D eigenvalue weighted by atomic mass is 19.2. The van der Waals surface area contributed by atoms with Crippen LogP contribution in [0.25, 0.3) is 0 Å². The largest absolute Gasteiger partial charge is 0.342 e. The fourth-order valence-electron chi connectivity index (χ4n) is 3.43. The van der Waals surface area contributed by atoms with Gasteiger partial charge < -0.3 is 10.2 Å². The SMILES string of the molecule is CCN1CCC(c2ccc(F)cc2)[C@@H](C(=O)Nc2cccc(F)c2F)C1=O. The fraction of sp³-hybridized carbons (Fsp3) is 0.300. The second kappa shape index (κ2) is 7.82. The number of nitrogens with zero attached hydrogens (tertiary/aromatic N) is 1. The van der Waals surface area contributed by atoms with Gasteiger partial charge in [-0.15, -0.1) is 0 Å². The normalized spacial score (nSPS) is 19.9. The summed E-state index contributed by atoms with van der Waals surface area (Å²) in [5, 5.41) is 2.33. The Morgan fingerprint density at radius 3 is 2.52 bits per heavy atom. The Hall–Kier alpha value is -2.83. The molecule has 2 amide bonds. The van der Waals surface area contributed by atoms with Crippen molar-refractivity contribution in [2.24, 2.45) is 5.92 Å². The summed E-state index contributed by atoms with van der Waals surface area (Å²) >= 11 is 0. The third kappa shape index (κ3) is 3.82. The highest BCUT2D eigenvalue weighted by Crippen LogP contribution is 2.35. The van der Waals surface area contributed by atoms with Crippen LogP contribution in [0.15, 0.2) is 42.5 Å². The zero-order chi connectivity index (χ0) is 19.6. The Morgan fingerprint density at radius 2 is 1.85 bits per heavy atom. The minimum atomic E-state index is -1.18. The van der Waals surface area contributed by atoms with E-state index in [0.29, 0.717) is 25.1 Å². The van der Waals surface area contributed by atoms with Crippen LogP contribution in [0, 0.1) is 23.4 Å². The van der Waals surface area contributed by atoms with Crippen LogP contribution in [-0.2, 0) is 9.59 Å². The lowest BCUT2D eigenvalue weighted by atomic mass is 9.79. The average Bonchev–Trinajstić information content (AvgIpc) is 2.65. The number of hydrogen-bond donors (Lipinski definition) is 1. The number of carbonyl (C=O) groups is 2.